The molecule has 23 heavy (non-hydrogen) atoms. The van der Waals surface area contributed by atoms with Gasteiger partial charge in [-0.3, -0.25) is 0 Å². The van der Waals surface area contributed by atoms with Gasteiger partial charge in [0, 0.05) is 17.0 Å². The fourth-order valence-corrected chi connectivity index (χ4v) is 2.81. The molecule has 7 heteroatoms. The van der Waals surface area contributed by atoms with Crippen molar-refractivity contribution in [2.24, 2.45) is 0 Å². The number of halogens is 1. The average molecular weight is 338 g/mol. The highest BCUT2D eigenvalue weighted by atomic mass is 32.2. The smallest absolute Gasteiger partial charge is 0.338 e. The fourth-order valence-electron chi connectivity index (χ4n) is 2.32. The van der Waals surface area contributed by atoms with Crippen LogP contribution in [0.25, 0.3) is 0 Å². The van der Waals surface area contributed by atoms with Crippen LogP contribution in [-0.4, -0.2) is 30.1 Å². The molecule has 2 N–H and O–H groups in total. The largest absolute Gasteiger partial charge is 0.461 e. The molecule has 0 spiro atoms. The van der Waals surface area contributed by atoms with Crippen LogP contribution in [0.1, 0.15) is 25.5 Å². The van der Waals surface area contributed by atoms with E-state index in [0.29, 0.717) is 11.4 Å². The fraction of sp³-hybridized carbons (Fsp3) is 0.375. The molecule has 1 atom stereocenters. The van der Waals surface area contributed by atoms with Gasteiger partial charge in [-0.1, -0.05) is 25.1 Å². The van der Waals surface area contributed by atoms with E-state index in [0.717, 1.165) is 5.75 Å². The highest BCUT2D eigenvalue weighted by Crippen LogP contribution is 2.29. The number of esters is 1. The number of allylic oxidation sites excluding steroid dienone is 1. The summed E-state index contributed by atoms with van der Waals surface area (Å²) in [6.07, 6.45) is 0. The molecule has 124 valence electrons. The second-order valence-corrected chi connectivity index (χ2v) is 6.32. The molecule has 0 aromatic heterocycles. The monoisotopic (exact) mass is 338 g/mol. The summed E-state index contributed by atoms with van der Waals surface area (Å²) in [5.74, 6) is 0.590. The van der Waals surface area contributed by atoms with E-state index >= 15 is 0 Å². The van der Waals surface area contributed by atoms with Crippen molar-refractivity contribution in [2.45, 2.75) is 19.9 Å². The highest BCUT2D eigenvalue weighted by molar-refractivity contribution is 7.99. The van der Waals surface area contributed by atoms with Gasteiger partial charge in [0.2, 0.25) is 0 Å². The molecule has 1 aromatic carbocycles. The Morgan fingerprint density at radius 2 is 2.13 bits per heavy atom. The Bertz CT molecular complexity index is 634. The van der Waals surface area contributed by atoms with Crippen molar-refractivity contribution in [3.63, 3.8) is 0 Å². The molecule has 0 fully saturated rings. The van der Waals surface area contributed by atoms with Crippen molar-refractivity contribution < 1.29 is 18.7 Å². The first-order valence-electron chi connectivity index (χ1n) is 7.32. The third-order valence-corrected chi connectivity index (χ3v) is 4.23. The third kappa shape index (κ3) is 4.25. The Morgan fingerprint density at radius 1 is 1.39 bits per heavy atom. The number of thioether (sulfide) groups is 1. The van der Waals surface area contributed by atoms with E-state index in [1.807, 2.05) is 6.92 Å². The Balaban J connectivity index is 2.25. The predicted octanol–water partition coefficient (Wildman–Crippen LogP) is 2.75. The molecule has 1 unspecified atom stereocenters. The summed E-state index contributed by atoms with van der Waals surface area (Å²) in [6.45, 7) is 3.89. The van der Waals surface area contributed by atoms with E-state index in [1.54, 1.807) is 36.9 Å². The van der Waals surface area contributed by atoms with Crippen LogP contribution in [0.2, 0.25) is 0 Å². The van der Waals surface area contributed by atoms with E-state index in [4.69, 9.17) is 4.74 Å². The van der Waals surface area contributed by atoms with Gasteiger partial charge in [0.25, 0.3) is 0 Å². The van der Waals surface area contributed by atoms with Gasteiger partial charge in [0.15, 0.2) is 0 Å². The first kappa shape index (κ1) is 17.3. The molecule has 0 bridgehead atoms. The number of hydrogen-bond donors (Lipinski definition) is 2. The molecule has 5 nitrogen and oxygen atoms in total. The molecule has 0 radical (unpaired) electrons. The lowest BCUT2D eigenvalue weighted by atomic mass is 9.95. The minimum absolute atomic E-state index is 0.219. The molecule has 1 heterocycles. The number of urea groups is 1. The van der Waals surface area contributed by atoms with E-state index < -0.39 is 23.9 Å². The number of nitrogens with one attached hydrogen (secondary N) is 2. The first-order valence-corrected chi connectivity index (χ1v) is 8.47. The highest BCUT2D eigenvalue weighted by Gasteiger charge is 2.33. The second kappa shape index (κ2) is 8.01. The zero-order valence-electron chi connectivity index (χ0n) is 13.0. The Kier molecular flexibility index (Phi) is 6.04. The summed E-state index contributed by atoms with van der Waals surface area (Å²) in [7, 11) is 0. The molecular weight excluding hydrogens is 319 g/mol. The number of carbonyl (C=O) groups excluding carboxylic acids is 2. The number of hydrogen-bond acceptors (Lipinski definition) is 4. The van der Waals surface area contributed by atoms with E-state index in [9.17, 15) is 14.0 Å². The Hall–Kier alpha value is -2.02. The number of benzene rings is 1. The number of amides is 2. The van der Waals surface area contributed by atoms with Gasteiger partial charge >= 0.3 is 12.0 Å². The number of rotatable bonds is 6. The molecule has 2 rings (SSSR count). The van der Waals surface area contributed by atoms with E-state index in [2.05, 4.69) is 10.6 Å². The SMILES string of the molecule is CCSCCOC(=O)C1=C(C)NC(=O)NC1c1ccccc1F. The Morgan fingerprint density at radius 3 is 2.83 bits per heavy atom. The van der Waals surface area contributed by atoms with Crippen LogP contribution in [0, 0.1) is 5.82 Å². The standard InChI is InChI=1S/C16H19FN2O3S/c1-3-23-9-8-22-15(20)13-10(2)18-16(21)19-14(13)11-6-4-5-7-12(11)17/h4-7,14H,3,8-9H2,1-2H3,(H2,18,19,21). The average Bonchev–Trinajstić information content (AvgIpc) is 2.51. The summed E-state index contributed by atoms with van der Waals surface area (Å²) in [5, 5.41) is 5.11. The van der Waals surface area contributed by atoms with Crippen LogP contribution in [0.3, 0.4) is 0 Å². The molecule has 1 aliphatic heterocycles. The van der Waals surface area contributed by atoms with Crippen LogP contribution in [0.5, 0.6) is 0 Å². The minimum Gasteiger partial charge on any atom is -0.461 e. The quantitative estimate of drug-likeness (QED) is 0.618. The third-order valence-electron chi connectivity index (χ3n) is 3.37. The van der Waals surface area contributed by atoms with Gasteiger partial charge in [0.1, 0.15) is 12.4 Å². The van der Waals surface area contributed by atoms with Crippen molar-refractivity contribution >= 4 is 23.8 Å². The topological polar surface area (TPSA) is 67.4 Å². The van der Waals surface area contributed by atoms with Crippen molar-refractivity contribution in [3.8, 4) is 0 Å². The lowest BCUT2D eigenvalue weighted by Crippen LogP contribution is -2.45. The minimum atomic E-state index is -0.865. The van der Waals surface area contributed by atoms with Gasteiger partial charge in [0.05, 0.1) is 11.6 Å². The zero-order chi connectivity index (χ0) is 16.8. The van der Waals surface area contributed by atoms with Gasteiger partial charge in [-0.05, 0) is 18.7 Å². The molecule has 0 saturated carbocycles. The van der Waals surface area contributed by atoms with Gasteiger partial charge in [-0.25, -0.2) is 14.0 Å². The lowest BCUT2D eigenvalue weighted by Gasteiger charge is -2.28. The predicted molar refractivity (Wildman–Crippen MR) is 87.5 cm³/mol. The maximum atomic E-state index is 14.1. The first-order chi connectivity index (χ1) is 11.0. The summed E-state index contributed by atoms with van der Waals surface area (Å²) in [5.41, 5.74) is 0.822. The summed E-state index contributed by atoms with van der Waals surface area (Å²) in [4.78, 5) is 24.1. The van der Waals surface area contributed by atoms with Gasteiger partial charge in [-0.15, -0.1) is 0 Å². The van der Waals surface area contributed by atoms with Crippen LogP contribution >= 0.6 is 11.8 Å². The molecule has 2 amide bonds. The van der Waals surface area contributed by atoms with Crippen LogP contribution in [-0.2, 0) is 9.53 Å². The van der Waals surface area contributed by atoms with Gasteiger partial charge in [-0.2, -0.15) is 11.8 Å². The molecule has 1 aromatic rings. The summed E-state index contributed by atoms with van der Waals surface area (Å²) < 4.78 is 19.3. The maximum Gasteiger partial charge on any atom is 0.338 e. The zero-order valence-corrected chi connectivity index (χ0v) is 13.8. The van der Waals surface area contributed by atoms with E-state index in [1.165, 1.54) is 6.07 Å². The van der Waals surface area contributed by atoms with Crippen molar-refractivity contribution in [1.29, 1.82) is 0 Å². The van der Waals surface area contributed by atoms with Crippen molar-refractivity contribution in [2.75, 3.05) is 18.1 Å². The lowest BCUT2D eigenvalue weighted by molar-refractivity contribution is -0.138. The summed E-state index contributed by atoms with van der Waals surface area (Å²) >= 11 is 1.66. The van der Waals surface area contributed by atoms with Crippen LogP contribution in [0.15, 0.2) is 35.5 Å². The normalized spacial score (nSPS) is 17.5. The van der Waals surface area contributed by atoms with E-state index in [-0.39, 0.29) is 17.7 Å². The Labute approximate surface area is 138 Å². The van der Waals surface area contributed by atoms with Crippen molar-refractivity contribution in [3.05, 3.63) is 46.9 Å². The van der Waals surface area contributed by atoms with Crippen LogP contribution in [0.4, 0.5) is 9.18 Å². The van der Waals surface area contributed by atoms with Crippen molar-refractivity contribution in [1.82, 2.24) is 10.6 Å². The molecular formula is C16H19FN2O3S. The number of ether oxygens (including phenoxy) is 1. The molecule has 0 saturated heterocycles. The second-order valence-electron chi connectivity index (χ2n) is 4.92. The summed E-state index contributed by atoms with van der Waals surface area (Å²) in [6, 6.07) is 4.70. The molecule has 1 aliphatic rings. The number of carbonyl (C=O) groups is 2. The van der Waals surface area contributed by atoms with Gasteiger partial charge < -0.3 is 15.4 Å². The molecule has 0 aliphatic carbocycles. The maximum absolute atomic E-state index is 14.1. The van der Waals surface area contributed by atoms with Crippen LogP contribution < -0.4 is 10.6 Å².